The van der Waals surface area contributed by atoms with Gasteiger partial charge >= 0.3 is 6.09 Å². The van der Waals surface area contributed by atoms with Crippen LogP contribution in [0.2, 0.25) is 0 Å². The molecule has 4 heteroatoms. The summed E-state index contributed by atoms with van der Waals surface area (Å²) in [5, 5.41) is 0. The van der Waals surface area contributed by atoms with Crippen molar-refractivity contribution in [2.75, 3.05) is 25.4 Å². The van der Waals surface area contributed by atoms with Crippen LogP contribution in [0.4, 0.5) is 4.79 Å². The molecule has 0 unspecified atom stereocenters. The van der Waals surface area contributed by atoms with Gasteiger partial charge in [0.2, 0.25) is 0 Å². The molecule has 154 valence electrons. The van der Waals surface area contributed by atoms with Crippen molar-refractivity contribution in [3.05, 3.63) is 90.0 Å². The minimum Gasteiger partial charge on any atom is -0.448 e. The van der Waals surface area contributed by atoms with Gasteiger partial charge in [-0.15, -0.1) is 11.8 Å². The zero-order chi connectivity index (χ0) is 21.0. The molecule has 0 atom stereocenters. The van der Waals surface area contributed by atoms with Gasteiger partial charge in [-0.05, 0) is 48.2 Å². The van der Waals surface area contributed by atoms with E-state index in [4.69, 9.17) is 4.74 Å². The highest BCUT2D eigenvalue weighted by Crippen LogP contribution is 2.51. The smallest absolute Gasteiger partial charge is 0.409 e. The van der Waals surface area contributed by atoms with Crippen LogP contribution in [0.5, 0.6) is 0 Å². The number of ether oxygens (including phenoxy) is 1. The lowest BCUT2D eigenvalue weighted by Crippen LogP contribution is -2.39. The summed E-state index contributed by atoms with van der Waals surface area (Å²) >= 11 is 1.81. The summed E-state index contributed by atoms with van der Waals surface area (Å²) in [7, 11) is 0. The molecule has 3 aromatic rings. The van der Waals surface area contributed by atoms with Gasteiger partial charge < -0.3 is 9.64 Å². The van der Waals surface area contributed by atoms with Crippen molar-refractivity contribution in [2.45, 2.75) is 24.2 Å². The lowest BCUT2D eigenvalue weighted by molar-refractivity contribution is 0.0928. The maximum absolute atomic E-state index is 12.7. The van der Waals surface area contributed by atoms with E-state index in [1.807, 2.05) is 31.7 Å². The highest BCUT2D eigenvalue weighted by atomic mass is 32.2. The van der Waals surface area contributed by atoms with E-state index < -0.39 is 0 Å². The Bertz CT molecular complexity index is 969. The number of nitrogens with zero attached hydrogens (tertiary/aromatic N) is 1. The van der Waals surface area contributed by atoms with E-state index in [-0.39, 0.29) is 11.5 Å². The Balaban J connectivity index is 1.73. The van der Waals surface area contributed by atoms with Crippen LogP contribution in [0.15, 0.2) is 83.8 Å². The zero-order valence-electron chi connectivity index (χ0n) is 17.5. The zero-order valence-corrected chi connectivity index (χ0v) is 18.3. The number of benzene rings is 3. The lowest BCUT2D eigenvalue weighted by atomic mass is 9.81. The molecule has 0 aliphatic heterocycles. The number of carbonyl (C=O) groups is 1. The molecule has 0 saturated carbocycles. The third-order valence-electron chi connectivity index (χ3n) is 5.87. The highest BCUT2D eigenvalue weighted by Gasteiger charge is 2.44. The van der Waals surface area contributed by atoms with Crippen molar-refractivity contribution in [1.82, 2.24) is 4.90 Å². The molecule has 3 aromatic carbocycles. The first-order chi connectivity index (χ1) is 14.7. The van der Waals surface area contributed by atoms with E-state index in [0.717, 1.165) is 5.75 Å². The van der Waals surface area contributed by atoms with Crippen molar-refractivity contribution in [3.63, 3.8) is 0 Å². The minimum atomic E-state index is -0.378. The average molecular weight is 418 g/mol. The Hall–Kier alpha value is -2.72. The van der Waals surface area contributed by atoms with E-state index in [0.29, 0.717) is 19.7 Å². The van der Waals surface area contributed by atoms with E-state index in [1.54, 1.807) is 4.90 Å². The first-order valence-corrected chi connectivity index (χ1v) is 11.5. The maximum atomic E-state index is 12.7. The van der Waals surface area contributed by atoms with Crippen LogP contribution >= 0.6 is 11.8 Å². The van der Waals surface area contributed by atoms with E-state index in [2.05, 4.69) is 72.8 Å². The van der Waals surface area contributed by atoms with Gasteiger partial charge in [0.05, 0.1) is 5.41 Å². The molecule has 0 spiro atoms. The van der Waals surface area contributed by atoms with Gasteiger partial charge in [-0.1, -0.05) is 66.7 Å². The summed E-state index contributed by atoms with van der Waals surface area (Å²) in [6.07, 6.45) is -0.244. The second-order valence-electron chi connectivity index (χ2n) is 7.50. The molecule has 0 aromatic heterocycles. The maximum Gasteiger partial charge on any atom is 0.409 e. The van der Waals surface area contributed by atoms with Crippen LogP contribution in [0.25, 0.3) is 11.1 Å². The minimum absolute atomic E-state index is 0.244. The van der Waals surface area contributed by atoms with Gasteiger partial charge in [-0.2, -0.15) is 0 Å². The Kier molecular flexibility index (Phi) is 6.14. The number of fused-ring (bicyclic) bond motifs is 3. The SMILES string of the molecule is CCN(CC)C(=O)OCC1(CSc2ccccc2)c2ccccc2-c2ccccc21. The molecule has 0 bridgehead atoms. The average Bonchev–Trinajstić information content (AvgIpc) is 3.08. The molecule has 1 aliphatic rings. The predicted molar refractivity (Wildman–Crippen MR) is 124 cm³/mol. The Morgan fingerprint density at radius 2 is 1.37 bits per heavy atom. The Morgan fingerprint density at radius 3 is 1.93 bits per heavy atom. The Morgan fingerprint density at radius 1 is 0.833 bits per heavy atom. The standard InChI is InChI=1S/C26H27NO2S/c1-3-27(4-2)25(28)29-18-26(19-30-20-12-6-5-7-13-20)23-16-10-8-14-21(23)22-15-9-11-17-24(22)26/h5-17H,3-4,18-19H2,1-2H3. The number of thioether (sulfide) groups is 1. The van der Waals surface area contributed by atoms with E-state index >= 15 is 0 Å². The van der Waals surface area contributed by atoms with Crippen molar-refractivity contribution in [2.24, 2.45) is 0 Å². The first-order valence-electron chi connectivity index (χ1n) is 10.5. The van der Waals surface area contributed by atoms with E-state index in [9.17, 15) is 4.79 Å². The quantitative estimate of drug-likeness (QED) is 0.427. The van der Waals surface area contributed by atoms with Crippen LogP contribution in [-0.2, 0) is 10.2 Å². The van der Waals surface area contributed by atoms with Gasteiger partial charge in [0.15, 0.2) is 0 Å². The van der Waals surface area contributed by atoms with E-state index in [1.165, 1.54) is 27.1 Å². The molecule has 0 fully saturated rings. The monoisotopic (exact) mass is 417 g/mol. The molecule has 0 heterocycles. The molecule has 1 aliphatic carbocycles. The number of amides is 1. The highest BCUT2D eigenvalue weighted by molar-refractivity contribution is 7.99. The number of carbonyl (C=O) groups excluding carboxylic acids is 1. The van der Waals surface area contributed by atoms with Gasteiger partial charge in [-0.25, -0.2) is 4.79 Å². The van der Waals surface area contributed by atoms with Gasteiger partial charge in [0.25, 0.3) is 0 Å². The van der Waals surface area contributed by atoms with Crippen LogP contribution in [0.3, 0.4) is 0 Å². The molecule has 30 heavy (non-hydrogen) atoms. The van der Waals surface area contributed by atoms with Gasteiger partial charge in [-0.3, -0.25) is 0 Å². The fourth-order valence-electron chi connectivity index (χ4n) is 4.25. The largest absolute Gasteiger partial charge is 0.448 e. The number of hydrogen-bond donors (Lipinski definition) is 0. The summed E-state index contributed by atoms with van der Waals surface area (Å²) in [6.45, 7) is 5.58. The lowest BCUT2D eigenvalue weighted by Gasteiger charge is -2.32. The fourth-order valence-corrected chi connectivity index (χ4v) is 5.41. The first kappa shape index (κ1) is 20.5. The Labute approximate surface area is 183 Å². The molecule has 4 rings (SSSR count). The summed E-state index contributed by atoms with van der Waals surface area (Å²) in [5.74, 6) is 0.802. The van der Waals surface area contributed by atoms with Crippen LogP contribution in [-0.4, -0.2) is 36.4 Å². The molecule has 0 saturated heterocycles. The summed E-state index contributed by atoms with van der Waals surface area (Å²) in [6, 6.07) is 27.5. The van der Waals surface area contributed by atoms with Crippen LogP contribution in [0, 0.1) is 0 Å². The molecule has 0 radical (unpaired) electrons. The van der Waals surface area contributed by atoms with Crippen LogP contribution in [0.1, 0.15) is 25.0 Å². The van der Waals surface area contributed by atoms with Crippen molar-refractivity contribution in [1.29, 1.82) is 0 Å². The normalized spacial score (nSPS) is 13.4. The third kappa shape index (κ3) is 3.72. The second kappa shape index (κ2) is 8.97. The molecule has 1 amide bonds. The van der Waals surface area contributed by atoms with Crippen molar-refractivity contribution < 1.29 is 9.53 Å². The van der Waals surface area contributed by atoms with Gasteiger partial charge in [0.1, 0.15) is 6.61 Å². The van der Waals surface area contributed by atoms with Crippen molar-refractivity contribution >= 4 is 17.9 Å². The van der Waals surface area contributed by atoms with Crippen molar-refractivity contribution in [3.8, 4) is 11.1 Å². The topological polar surface area (TPSA) is 29.5 Å². The third-order valence-corrected chi connectivity index (χ3v) is 7.11. The molecular formula is C26H27NO2S. The second-order valence-corrected chi connectivity index (χ2v) is 8.55. The fraction of sp³-hybridized carbons (Fsp3) is 0.269. The summed E-state index contributed by atoms with van der Waals surface area (Å²) in [5.41, 5.74) is 4.57. The summed E-state index contributed by atoms with van der Waals surface area (Å²) in [4.78, 5) is 15.6. The van der Waals surface area contributed by atoms with Crippen LogP contribution < -0.4 is 0 Å². The molecule has 3 nitrogen and oxygen atoms in total. The summed E-state index contributed by atoms with van der Waals surface area (Å²) < 4.78 is 5.95. The predicted octanol–water partition coefficient (Wildman–Crippen LogP) is 6.22. The number of rotatable bonds is 7. The molecular weight excluding hydrogens is 390 g/mol. The molecule has 0 N–H and O–H groups in total. The van der Waals surface area contributed by atoms with Gasteiger partial charge in [0, 0.05) is 23.7 Å². The number of hydrogen-bond acceptors (Lipinski definition) is 3.